The number of thiophene rings is 1. The van der Waals surface area contributed by atoms with E-state index in [1.54, 1.807) is 11.4 Å². The number of carbonyl (C=O) groups is 1. The lowest BCUT2D eigenvalue weighted by Crippen LogP contribution is -2.28. The summed E-state index contributed by atoms with van der Waals surface area (Å²) in [6, 6.07) is 3.91. The van der Waals surface area contributed by atoms with E-state index in [0.717, 1.165) is 0 Å². The van der Waals surface area contributed by atoms with E-state index in [4.69, 9.17) is 21.1 Å². The van der Waals surface area contributed by atoms with Crippen LogP contribution >= 0.6 is 22.9 Å². The molecule has 24 heavy (non-hydrogen) atoms. The predicted molar refractivity (Wildman–Crippen MR) is 84.4 cm³/mol. The maximum absolute atomic E-state index is 12.5. The van der Waals surface area contributed by atoms with Crippen molar-refractivity contribution >= 4 is 34.7 Å². The first-order valence-electron chi connectivity index (χ1n) is 6.68. The number of nitrogens with one attached hydrogen (secondary N) is 2. The van der Waals surface area contributed by atoms with Gasteiger partial charge >= 0.3 is 12.6 Å². The molecule has 0 saturated carbocycles. The number of urea groups is 1. The minimum absolute atomic E-state index is 0.00250. The van der Waals surface area contributed by atoms with Gasteiger partial charge in [-0.1, -0.05) is 11.6 Å². The highest BCUT2D eigenvalue weighted by Crippen LogP contribution is 2.38. The van der Waals surface area contributed by atoms with Crippen molar-refractivity contribution in [2.45, 2.75) is 13.2 Å². The van der Waals surface area contributed by atoms with Crippen LogP contribution in [0.1, 0.15) is 5.56 Å². The fraction of sp³-hybridized carbons (Fsp3) is 0.214. The zero-order valence-electron chi connectivity index (χ0n) is 12.0. The molecule has 128 valence electrons. The van der Waals surface area contributed by atoms with Crippen molar-refractivity contribution < 1.29 is 27.8 Å². The Kier molecular flexibility index (Phi) is 4.91. The molecule has 1 aromatic heterocycles. The summed E-state index contributed by atoms with van der Waals surface area (Å²) in [6.07, 6.45) is 0. The van der Waals surface area contributed by atoms with E-state index in [-0.39, 0.29) is 19.1 Å². The number of carbonyl (C=O) groups excluding carboxylic acids is 1. The van der Waals surface area contributed by atoms with E-state index >= 15 is 0 Å². The molecule has 0 fully saturated rings. The first-order chi connectivity index (χ1) is 11.5. The topological polar surface area (TPSA) is 68.8 Å². The van der Waals surface area contributed by atoms with E-state index in [1.165, 1.54) is 23.5 Å². The smallest absolute Gasteiger partial charge is 0.387 e. The second kappa shape index (κ2) is 7.10. The van der Waals surface area contributed by atoms with Gasteiger partial charge in [0.05, 0.1) is 5.69 Å². The molecule has 1 aliphatic heterocycles. The largest absolute Gasteiger partial charge is 0.454 e. The van der Waals surface area contributed by atoms with Crippen LogP contribution in [0.15, 0.2) is 23.6 Å². The zero-order chi connectivity index (χ0) is 17.1. The molecule has 2 N–H and O–H groups in total. The molecule has 6 nitrogen and oxygen atoms in total. The van der Waals surface area contributed by atoms with Crippen LogP contribution in [0, 0.1) is 0 Å². The van der Waals surface area contributed by atoms with Crippen LogP contribution in [-0.4, -0.2) is 19.4 Å². The molecule has 2 amide bonds. The highest BCUT2D eigenvalue weighted by molar-refractivity contribution is 7.15. The Hall–Kier alpha value is -2.26. The fourth-order valence-corrected chi connectivity index (χ4v) is 2.87. The van der Waals surface area contributed by atoms with E-state index in [0.29, 0.717) is 27.1 Å². The van der Waals surface area contributed by atoms with Gasteiger partial charge in [-0.2, -0.15) is 8.78 Å². The Bertz CT molecular complexity index is 756. The van der Waals surface area contributed by atoms with Gasteiger partial charge in [-0.3, -0.25) is 0 Å². The number of halogens is 3. The average Bonchev–Trinajstić information content (AvgIpc) is 3.13. The number of alkyl halides is 2. The highest BCUT2D eigenvalue weighted by atomic mass is 35.5. The number of hydrogen-bond donors (Lipinski definition) is 2. The Labute approximate surface area is 144 Å². The van der Waals surface area contributed by atoms with E-state index in [9.17, 15) is 13.6 Å². The van der Waals surface area contributed by atoms with Gasteiger partial charge in [0, 0.05) is 18.2 Å². The normalized spacial score (nSPS) is 12.3. The molecule has 10 heteroatoms. The van der Waals surface area contributed by atoms with Crippen molar-refractivity contribution in [3.05, 3.63) is 33.5 Å². The highest BCUT2D eigenvalue weighted by Gasteiger charge is 2.20. The average molecular weight is 377 g/mol. The summed E-state index contributed by atoms with van der Waals surface area (Å²) in [6.45, 7) is -3.05. The number of hydrogen-bond acceptors (Lipinski definition) is 5. The first-order valence-corrected chi connectivity index (χ1v) is 7.94. The van der Waals surface area contributed by atoms with Crippen molar-refractivity contribution in [2.75, 3.05) is 12.1 Å². The van der Waals surface area contributed by atoms with E-state index in [2.05, 4.69) is 15.4 Å². The number of ether oxygens (including phenoxy) is 3. The Morgan fingerprint density at radius 2 is 2.12 bits per heavy atom. The number of benzene rings is 1. The minimum atomic E-state index is -3.00. The molecule has 1 aromatic carbocycles. The Morgan fingerprint density at radius 1 is 1.38 bits per heavy atom. The summed E-state index contributed by atoms with van der Waals surface area (Å²) in [5.41, 5.74) is 0.792. The molecule has 0 saturated heterocycles. The van der Waals surface area contributed by atoms with Gasteiger partial charge in [0.1, 0.15) is 10.1 Å². The van der Waals surface area contributed by atoms with Crippen molar-refractivity contribution in [3.8, 4) is 17.2 Å². The molecule has 0 bridgehead atoms. The standard InChI is InChI=1S/C14H11ClF2N2O4S/c15-12-8(1-2-24-12)19-14(20)18-5-7-3-10-11(22-6-21-10)4-9(7)23-13(16)17/h1-4,13H,5-6H2,(H2,18,19,20). The Balaban J connectivity index is 1.69. The molecule has 3 rings (SSSR count). The van der Waals surface area contributed by atoms with Gasteiger partial charge in [0.2, 0.25) is 6.79 Å². The zero-order valence-corrected chi connectivity index (χ0v) is 13.5. The minimum Gasteiger partial charge on any atom is -0.454 e. The molecule has 2 aromatic rings. The molecule has 0 aliphatic carbocycles. The summed E-state index contributed by atoms with van der Waals surface area (Å²) in [5.74, 6) is 0.613. The number of rotatable bonds is 5. The number of anilines is 1. The van der Waals surface area contributed by atoms with Crippen molar-refractivity contribution in [1.29, 1.82) is 0 Å². The monoisotopic (exact) mass is 376 g/mol. The molecule has 0 spiro atoms. The third-order valence-corrected chi connectivity index (χ3v) is 4.25. The van der Waals surface area contributed by atoms with Crippen LogP contribution in [0.5, 0.6) is 17.2 Å². The van der Waals surface area contributed by atoms with Crippen LogP contribution in [0.4, 0.5) is 19.3 Å². The number of amides is 2. The van der Waals surface area contributed by atoms with Crippen LogP contribution in [-0.2, 0) is 6.54 Å². The third kappa shape index (κ3) is 3.80. The van der Waals surface area contributed by atoms with Crippen molar-refractivity contribution in [1.82, 2.24) is 5.32 Å². The molecular weight excluding hydrogens is 366 g/mol. The van der Waals surface area contributed by atoms with Gasteiger partial charge in [-0.25, -0.2) is 4.79 Å². The van der Waals surface area contributed by atoms with Crippen molar-refractivity contribution in [3.63, 3.8) is 0 Å². The van der Waals surface area contributed by atoms with Crippen LogP contribution in [0.2, 0.25) is 4.34 Å². The van der Waals surface area contributed by atoms with Gasteiger partial charge in [-0.15, -0.1) is 11.3 Å². The van der Waals surface area contributed by atoms with Gasteiger partial charge in [0.15, 0.2) is 11.5 Å². The first kappa shape index (κ1) is 16.6. The molecule has 0 radical (unpaired) electrons. The van der Waals surface area contributed by atoms with Crippen LogP contribution in [0.25, 0.3) is 0 Å². The molecular formula is C14H11ClF2N2O4S. The second-order valence-corrected chi connectivity index (χ2v) is 6.13. The molecule has 0 atom stereocenters. The SMILES string of the molecule is O=C(NCc1cc2c(cc1OC(F)F)OCO2)Nc1ccsc1Cl. The maximum Gasteiger partial charge on any atom is 0.387 e. The lowest BCUT2D eigenvalue weighted by Gasteiger charge is -2.13. The van der Waals surface area contributed by atoms with E-state index < -0.39 is 12.6 Å². The van der Waals surface area contributed by atoms with Gasteiger partial charge in [0.25, 0.3) is 0 Å². The summed E-state index contributed by atoms with van der Waals surface area (Å²) in [7, 11) is 0. The predicted octanol–water partition coefficient (Wildman–Crippen LogP) is 4.05. The fourth-order valence-electron chi connectivity index (χ4n) is 2.03. The van der Waals surface area contributed by atoms with Crippen LogP contribution in [0.3, 0.4) is 0 Å². The van der Waals surface area contributed by atoms with Crippen molar-refractivity contribution in [2.24, 2.45) is 0 Å². The molecule has 0 unspecified atom stereocenters. The second-order valence-electron chi connectivity index (χ2n) is 4.61. The summed E-state index contributed by atoms with van der Waals surface area (Å²) >= 11 is 7.16. The molecule has 1 aliphatic rings. The summed E-state index contributed by atoms with van der Waals surface area (Å²) in [4.78, 5) is 11.9. The van der Waals surface area contributed by atoms with E-state index in [1.807, 2.05) is 0 Å². The molecule has 2 heterocycles. The summed E-state index contributed by atoms with van der Waals surface area (Å²) < 4.78 is 40.3. The Morgan fingerprint density at radius 3 is 2.79 bits per heavy atom. The quantitative estimate of drug-likeness (QED) is 0.826. The maximum atomic E-state index is 12.5. The number of fused-ring (bicyclic) bond motifs is 1. The third-order valence-electron chi connectivity index (χ3n) is 3.08. The lowest BCUT2D eigenvalue weighted by atomic mass is 10.1. The van der Waals surface area contributed by atoms with Gasteiger partial charge < -0.3 is 24.8 Å². The van der Waals surface area contributed by atoms with Gasteiger partial charge in [-0.05, 0) is 17.5 Å². The lowest BCUT2D eigenvalue weighted by molar-refractivity contribution is -0.0505. The van der Waals surface area contributed by atoms with Crippen LogP contribution < -0.4 is 24.8 Å². The summed E-state index contributed by atoms with van der Waals surface area (Å²) in [5, 5.41) is 6.83.